The molecule has 16 heavy (non-hydrogen) atoms. The van der Waals surface area contributed by atoms with Gasteiger partial charge in [-0.05, 0) is 44.0 Å². The van der Waals surface area contributed by atoms with Crippen LogP contribution in [0.4, 0.5) is 5.69 Å². The minimum absolute atomic E-state index is 0.276. The van der Waals surface area contributed by atoms with Gasteiger partial charge in [-0.3, -0.25) is 0 Å². The van der Waals surface area contributed by atoms with Gasteiger partial charge >= 0.3 is 0 Å². The smallest absolute Gasteiger partial charge is 0.0994 e. The molecule has 1 aromatic rings. The van der Waals surface area contributed by atoms with Crippen LogP contribution < -0.4 is 4.90 Å². The third-order valence-corrected chi connectivity index (χ3v) is 2.65. The summed E-state index contributed by atoms with van der Waals surface area (Å²) in [6.07, 6.45) is 0.470. The second-order valence-corrected chi connectivity index (χ2v) is 4.17. The molecule has 86 valence electrons. The molecule has 0 bridgehead atoms. The summed E-state index contributed by atoms with van der Waals surface area (Å²) < 4.78 is 0. The number of aliphatic hydroxyl groups excluding tert-OH is 1. The van der Waals surface area contributed by atoms with Crippen molar-refractivity contribution in [3.63, 3.8) is 0 Å². The van der Waals surface area contributed by atoms with Crippen molar-refractivity contribution in [2.75, 3.05) is 18.5 Å². The Morgan fingerprint density at radius 3 is 2.69 bits per heavy atom. The van der Waals surface area contributed by atoms with Gasteiger partial charge in [-0.1, -0.05) is 0 Å². The molecule has 1 N–H and O–H groups in total. The lowest BCUT2D eigenvalue weighted by Gasteiger charge is -2.20. The van der Waals surface area contributed by atoms with Crippen molar-refractivity contribution in [1.82, 2.24) is 0 Å². The van der Waals surface area contributed by atoms with Gasteiger partial charge in [0.05, 0.1) is 17.7 Å². The quantitative estimate of drug-likeness (QED) is 0.841. The number of hydrogen-bond donors (Lipinski definition) is 1. The molecule has 0 heterocycles. The van der Waals surface area contributed by atoms with E-state index in [2.05, 4.69) is 11.0 Å². The molecule has 0 spiro atoms. The fourth-order valence-corrected chi connectivity index (χ4v) is 1.52. The maximum Gasteiger partial charge on any atom is 0.0994 e. The molecule has 1 aromatic carbocycles. The van der Waals surface area contributed by atoms with Crippen molar-refractivity contribution in [2.24, 2.45) is 0 Å². The van der Waals surface area contributed by atoms with Crippen LogP contribution in [0.15, 0.2) is 18.2 Å². The van der Waals surface area contributed by atoms with Gasteiger partial charge in [0.25, 0.3) is 0 Å². The first-order valence-corrected chi connectivity index (χ1v) is 5.44. The van der Waals surface area contributed by atoms with E-state index >= 15 is 0 Å². The van der Waals surface area contributed by atoms with E-state index in [0.717, 1.165) is 24.2 Å². The lowest BCUT2D eigenvalue weighted by atomic mass is 10.1. The Balaban J connectivity index is 2.74. The van der Waals surface area contributed by atoms with E-state index in [4.69, 9.17) is 5.26 Å². The average Bonchev–Trinajstić information content (AvgIpc) is 2.25. The molecule has 0 aromatic heterocycles. The van der Waals surface area contributed by atoms with Crippen molar-refractivity contribution in [2.45, 2.75) is 26.4 Å². The van der Waals surface area contributed by atoms with Crippen LogP contribution in [0.25, 0.3) is 0 Å². The van der Waals surface area contributed by atoms with Crippen LogP contribution in [0.2, 0.25) is 0 Å². The van der Waals surface area contributed by atoms with Crippen LogP contribution in [0.5, 0.6) is 0 Å². The van der Waals surface area contributed by atoms with Gasteiger partial charge in [0.1, 0.15) is 0 Å². The minimum atomic E-state index is -0.276. The first-order chi connectivity index (χ1) is 7.54. The Morgan fingerprint density at radius 1 is 1.50 bits per heavy atom. The van der Waals surface area contributed by atoms with E-state index in [1.165, 1.54) is 0 Å². The number of nitriles is 1. The molecule has 1 unspecified atom stereocenters. The van der Waals surface area contributed by atoms with Crippen LogP contribution in [-0.2, 0) is 0 Å². The van der Waals surface area contributed by atoms with Gasteiger partial charge in [-0.25, -0.2) is 0 Å². The highest BCUT2D eigenvalue weighted by molar-refractivity contribution is 5.52. The molecular formula is C13H18N2O. The number of nitrogens with zero attached hydrogens (tertiary/aromatic N) is 2. The van der Waals surface area contributed by atoms with Gasteiger partial charge in [-0.15, -0.1) is 0 Å². The zero-order chi connectivity index (χ0) is 12.1. The lowest BCUT2D eigenvalue weighted by molar-refractivity contribution is 0.187. The Bertz CT molecular complexity index is 393. The summed E-state index contributed by atoms with van der Waals surface area (Å²) in [4.78, 5) is 2.08. The second-order valence-electron chi connectivity index (χ2n) is 4.17. The molecule has 1 atom stereocenters. The highest BCUT2D eigenvalue weighted by Gasteiger charge is 2.05. The standard InChI is InChI=1S/C13H18N2O/c1-10-8-13(5-4-12(10)9-14)15(3)7-6-11(2)16/h4-5,8,11,16H,6-7H2,1-3H3. The van der Waals surface area contributed by atoms with E-state index in [-0.39, 0.29) is 6.10 Å². The molecule has 3 nitrogen and oxygen atoms in total. The fraction of sp³-hybridized carbons (Fsp3) is 0.462. The van der Waals surface area contributed by atoms with Crippen LogP contribution in [0.3, 0.4) is 0 Å². The van der Waals surface area contributed by atoms with Crippen LogP contribution in [0, 0.1) is 18.3 Å². The Labute approximate surface area is 96.9 Å². The molecule has 0 saturated carbocycles. The first kappa shape index (κ1) is 12.5. The Kier molecular flexibility index (Phi) is 4.33. The molecular weight excluding hydrogens is 200 g/mol. The topological polar surface area (TPSA) is 47.3 Å². The number of benzene rings is 1. The van der Waals surface area contributed by atoms with Crippen molar-refractivity contribution in [3.05, 3.63) is 29.3 Å². The van der Waals surface area contributed by atoms with Crippen molar-refractivity contribution < 1.29 is 5.11 Å². The summed E-state index contributed by atoms with van der Waals surface area (Å²) in [5, 5.41) is 18.0. The number of aryl methyl sites for hydroxylation is 1. The lowest BCUT2D eigenvalue weighted by Crippen LogP contribution is -2.21. The van der Waals surface area contributed by atoms with Crippen LogP contribution in [-0.4, -0.2) is 24.8 Å². The summed E-state index contributed by atoms with van der Waals surface area (Å²) >= 11 is 0. The van der Waals surface area contributed by atoms with Gasteiger partial charge in [-0.2, -0.15) is 5.26 Å². The fourth-order valence-electron chi connectivity index (χ4n) is 1.52. The summed E-state index contributed by atoms with van der Waals surface area (Å²) in [6, 6.07) is 7.93. The predicted molar refractivity (Wildman–Crippen MR) is 65.5 cm³/mol. The monoisotopic (exact) mass is 218 g/mol. The third kappa shape index (κ3) is 3.25. The predicted octanol–water partition coefficient (Wildman–Crippen LogP) is 2.07. The van der Waals surface area contributed by atoms with E-state index in [1.807, 2.05) is 32.2 Å². The maximum absolute atomic E-state index is 9.22. The number of rotatable bonds is 4. The van der Waals surface area contributed by atoms with E-state index in [0.29, 0.717) is 5.56 Å². The van der Waals surface area contributed by atoms with Crippen molar-refractivity contribution in [3.8, 4) is 6.07 Å². The normalized spacial score (nSPS) is 11.9. The van der Waals surface area contributed by atoms with Gasteiger partial charge in [0.2, 0.25) is 0 Å². The molecule has 0 amide bonds. The summed E-state index contributed by atoms with van der Waals surface area (Å²) in [5.41, 5.74) is 2.79. The number of hydrogen-bond acceptors (Lipinski definition) is 3. The van der Waals surface area contributed by atoms with Gasteiger partial charge < -0.3 is 10.0 Å². The minimum Gasteiger partial charge on any atom is -0.393 e. The van der Waals surface area contributed by atoms with Gasteiger partial charge in [0, 0.05) is 19.3 Å². The molecule has 0 aliphatic carbocycles. The number of anilines is 1. The third-order valence-electron chi connectivity index (χ3n) is 2.65. The molecule has 0 radical (unpaired) electrons. The molecule has 0 fully saturated rings. The van der Waals surface area contributed by atoms with E-state index in [1.54, 1.807) is 6.92 Å². The Hall–Kier alpha value is -1.53. The van der Waals surface area contributed by atoms with E-state index in [9.17, 15) is 5.11 Å². The summed E-state index contributed by atoms with van der Waals surface area (Å²) in [5.74, 6) is 0. The maximum atomic E-state index is 9.22. The number of aliphatic hydroxyl groups is 1. The van der Waals surface area contributed by atoms with Crippen LogP contribution in [0.1, 0.15) is 24.5 Å². The SMILES string of the molecule is Cc1cc(N(C)CCC(C)O)ccc1C#N. The molecule has 1 rings (SSSR count). The average molecular weight is 218 g/mol. The first-order valence-electron chi connectivity index (χ1n) is 5.44. The highest BCUT2D eigenvalue weighted by Crippen LogP contribution is 2.18. The zero-order valence-electron chi connectivity index (χ0n) is 10.1. The molecule has 0 aliphatic rings. The van der Waals surface area contributed by atoms with E-state index < -0.39 is 0 Å². The molecule has 3 heteroatoms. The zero-order valence-corrected chi connectivity index (χ0v) is 10.1. The summed E-state index contributed by atoms with van der Waals surface area (Å²) in [7, 11) is 1.99. The Morgan fingerprint density at radius 2 is 2.19 bits per heavy atom. The molecule has 0 aliphatic heterocycles. The van der Waals surface area contributed by atoms with Gasteiger partial charge in [0.15, 0.2) is 0 Å². The van der Waals surface area contributed by atoms with Crippen molar-refractivity contribution >= 4 is 5.69 Å². The van der Waals surface area contributed by atoms with Crippen molar-refractivity contribution in [1.29, 1.82) is 5.26 Å². The summed E-state index contributed by atoms with van der Waals surface area (Å²) in [6.45, 7) is 4.53. The van der Waals surface area contributed by atoms with Crippen LogP contribution >= 0.6 is 0 Å². The largest absolute Gasteiger partial charge is 0.393 e. The second kappa shape index (κ2) is 5.53. The molecule has 0 saturated heterocycles. The highest BCUT2D eigenvalue weighted by atomic mass is 16.3.